The first-order chi connectivity index (χ1) is 9.69. The van der Waals surface area contributed by atoms with Crippen LogP contribution in [0.5, 0.6) is 0 Å². The van der Waals surface area contributed by atoms with Crippen molar-refractivity contribution in [1.29, 1.82) is 0 Å². The van der Waals surface area contributed by atoms with E-state index in [1.165, 1.54) is 6.20 Å². The van der Waals surface area contributed by atoms with Crippen LogP contribution in [0.2, 0.25) is 5.15 Å². The number of piperazine rings is 1. The van der Waals surface area contributed by atoms with E-state index in [1.54, 1.807) is 6.20 Å². The Hall–Kier alpha value is -1.40. The molecule has 1 aliphatic rings. The molecule has 1 aliphatic heterocycles. The number of carbonyl (C=O) groups is 1. The second-order valence-electron chi connectivity index (χ2n) is 4.81. The molecule has 0 unspecified atom stereocenters. The summed E-state index contributed by atoms with van der Waals surface area (Å²) < 4.78 is 0. The predicted octanol–water partition coefficient (Wildman–Crippen LogP) is 0.778. The number of nitrogens with zero attached hydrogens (tertiary/aromatic N) is 4. The van der Waals surface area contributed by atoms with Crippen LogP contribution in [0.25, 0.3) is 0 Å². The van der Waals surface area contributed by atoms with Crippen molar-refractivity contribution < 1.29 is 4.79 Å². The Labute approximate surface area is 124 Å². The highest BCUT2D eigenvalue weighted by Crippen LogP contribution is 2.14. The molecule has 0 atom stereocenters. The van der Waals surface area contributed by atoms with Gasteiger partial charge in [0.25, 0.3) is 0 Å². The van der Waals surface area contributed by atoms with Gasteiger partial charge in [-0.1, -0.05) is 18.5 Å². The van der Waals surface area contributed by atoms with Crippen molar-refractivity contribution in [3.05, 3.63) is 17.5 Å². The summed E-state index contributed by atoms with van der Waals surface area (Å²) in [5.74, 6) is 0.899. The van der Waals surface area contributed by atoms with E-state index in [2.05, 4.69) is 25.1 Å². The Morgan fingerprint density at radius 3 is 2.75 bits per heavy atom. The SMILES string of the molecule is CCCNC(=O)CN1CCN(c2cncc(Cl)n2)CC1. The highest BCUT2D eigenvalue weighted by molar-refractivity contribution is 6.29. The molecule has 0 aliphatic carbocycles. The van der Waals surface area contributed by atoms with Gasteiger partial charge < -0.3 is 10.2 Å². The Balaban J connectivity index is 1.79. The Kier molecular flexibility index (Phi) is 5.55. The molecule has 1 amide bonds. The molecular formula is C13H20ClN5O. The summed E-state index contributed by atoms with van der Waals surface area (Å²) >= 11 is 5.85. The standard InChI is InChI=1S/C13H20ClN5O/c1-2-3-16-13(20)10-18-4-6-19(7-5-18)12-9-15-8-11(14)17-12/h8-9H,2-7,10H2,1H3,(H,16,20). The third-order valence-corrected chi connectivity index (χ3v) is 3.41. The number of nitrogens with one attached hydrogen (secondary N) is 1. The molecule has 1 aromatic heterocycles. The molecule has 0 spiro atoms. The fourth-order valence-electron chi connectivity index (χ4n) is 2.14. The van der Waals surface area contributed by atoms with Crippen molar-refractivity contribution in [2.24, 2.45) is 0 Å². The minimum atomic E-state index is 0.0999. The van der Waals surface area contributed by atoms with Gasteiger partial charge in [0.1, 0.15) is 11.0 Å². The molecule has 7 heteroatoms. The van der Waals surface area contributed by atoms with E-state index in [4.69, 9.17) is 11.6 Å². The zero-order valence-corrected chi connectivity index (χ0v) is 12.4. The van der Waals surface area contributed by atoms with Crippen molar-refractivity contribution in [3.8, 4) is 0 Å². The normalized spacial score (nSPS) is 16.2. The Bertz CT molecular complexity index is 448. The number of amides is 1. The van der Waals surface area contributed by atoms with Crippen molar-refractivity contribution in [1.82, 2.24) is 20.2 Å². The fraction of sp³-hybridized carbons (Fsp3) is 0.615. The van der Waals surface area contributed by atoms with Gasteiger partial charge in [-0.3, -0.25) is 14.7 Å². The second kappa shape index (κ2) is 7.40. The van der Waals surface area contributed by atoms with Crippen LogP contribution in [0, 0.1) is 0 Å². The number of rotatable bonds is 5. The van der Waals surface area contributed by atoms with Crippen LogP contribution in [0.1, 0.15) is 13.3 Å². The average Bonchev–Trinajstić information content (AvgIpc) is 2.46. The Morgan fingerprint density at radius 2 is 2.10 bits per heavy atom. The number of hydrogen-bond acceptors (Lipinski definition) is 5. The van der Waals surface area contributed by atoms with Crippen molar-refractivity contribution in [2.45, 2.75) is 13.3 Å². The highest BCUT2D eigenvalue weighted by atomic mass is 35.5. The summed E-state index contributed by atoms with van der Waals surface area (Å²) in [5.41, 5.74) is 0. The molecule has 20 heavy (non-hydrogen) atoms. The predicted molar refractivity (Wildman–Crippen MR) is 79.0 cm³/mol. The van der Waals surface area contributed by atoms with E-state index in [-0.39, 0.29) is 5.91 Å². The van der Waals surface area contributed by atoms with Crippen molar-refractivity contribution in [3.63, 3.8) is 0 Å². The van der Waals surface area contributed by atoms with E-state index in [9.17, 15) is 4.79 Å². The maximum atomic E-state index is 11.7. The molecule has 6 nitrogen and oxygen atoms in total. The van der Waals surface area contributed by atoms with Gasteiger partial charge >= 0.3 is 0 Å². The van der Waals surface area contributed by atoms with Gasteiger partial charge in [0.15, 0.2) is 0 Å². The molecule has 1 aromatic rings. The Morgan fingerprint density at radius 1 is 1.35 bits per heavy atom. The topological polar surface area (TPSA) is 61.4 Å². The van der Waals surface area contributed by atoms with E-state index < -0.39 is 0 Å². The summed E-state index contributed by atoms with van der Waals surface area (Å²) in [6.07, 6.45) is 4.21. The average molecular weight is 298 g/mol. The van der Waals surface area contributed by atoms with Gasteiger partial charge in [-0.15, -0.1) is 0 Å². The smallest absolute Gasteiger partial charge is 0.234 e. The quantitative estimate of drug-likeness (QED) is 0.870. The van der Waals surface area contributed by atoms with Gasteiger partial charge in [0, 0.05) is 32.7 Å². The van der Waals surface area contributed by atoms with E-state index in [1.807, 2.05) is 6.92 Å². The lowest BCUT2D eigenvalue weighted by molar-refractivity contribution is -0.122. The van der Waals surface area contributed by atoms with Gasteiger partial charge in [-0.05, 0) is 6.42 Å². The number of anilines is 1. The van der Waals surface area contributed by atoms with Crippen molar-refractivity contribution in [2.75, 3.05) is 44.2 Å². The summed E-state index contributed by atoms with van der Waals surface area (Å²) in [5, 5.41) is 3.30. The molecule has 0 radical (unpaired) electrons. The lowest BCUT2D eigenvalue weighted by atomic mass is 10.3. The van der Waals surface area contributed by atoms with Gasteiger partial charge in [0.05, 0.1) is 18.9 Å². The molecule has 0 saturated carbocycles. The summed E-state index contributed by atoms with van der Waals surface area (Å²) in [6.45, 7) is 6.60. The molecule has 1 fully saturated rings. The first-order valence-electron chi connectivity index (χ1n) is 6.90. The first-order valence-corrected chi connectivity index (χ1v) is 7.28. The van der Waals surface area contributed by atoms with Gasteiger partial charge in [-0.25, -0.2) is 4.98 Å². The zero-order chi connectivity index (χ0) is 14.4. The summed E-state index contributed by atoms with van der Waals surface area (Å²) in [4.78, 5) is 24.3. The van der Waals surface area contributed by atoms with E-state index in [0.29, 0.717) is 11.7 Å². The minimum absolute atomic E-state index is 0.0999. The molecule has 2 heterocycles. The third kappa shape index (κ3) is 4.31. The largest absolute Gasteiger partial charge is 0.355 e. The third-order valence-electron chi connectivity index (χ3n) is 3.23. The van der Waals surface area contributed by atoms with Gasteiger partial charge in [-0.2, -0.15) is 0 Å². The number of halogens is 1. The second-order valence-corrected chi connectivity index (χ2v) is 5.20. The zero-order valence-electron chi connectivity index (χ0n) is 11.7. The molecule has 0 aromatic carbocycles. The van der Waals surface area contributed by atoms with E-state index in [0.717, 1.165) is 45.0 Å². The van der Waals surface area contributed by atoms with Crippen LogP contribution >= 0.6 is 11.6 Å². The number of hydrogen-bond donors (Lipinski definition) is 1. The van der Waals surface area contributed by atoms with Gasteiger partial charge in [0.2, 0.25) is 5.91 Å². The molecule has 1 N–H and O–H groups in total. The molecular weight excluding hydrogens is 278 g/mol. The fourth-order valence-corrected chi connectivity index (χ4v) is 2.29. The number of aromatic nitrogens is 2. The van der Waals surface area contributed by atoms with Crippen LogP contribution in [-0.4, -0.2) is 60.0 Å². The summed E-state index contributed by atoms with van der Waals surface area (Å²) in [6, 6.07) is 0. The monoisotopic (exact) mass is 297 g/mol. The maximum absolute atomic E-state index is 11.7. The first kappa shape index (κ1) is 15.0. The van der Waals surface area contributed by atoms with E-state index >= 15 is 0 Å². The minimum Gasteiger partial charge on any atom is -0.355 e. The molecule has 110 valence electrons. The maximum Gasteiger partial charge on any atom is 0.234 e. The molecule has 0 bridgehead atoms. The molecule has 2 rings (SSSR count). The lowest BCUT2D eigenvalue weighted by Crippen LogP contribution is -2.49. The van der Waals surface area contributed by atoms with Crippen LogP contribution in [0.15, 0.2) is 12.4 Å². The number of carbonyl (C=O) groups excluding carboxylic acids is 1. The van der Waals surface area contributed by atoms with Crippen LogP contribution in [0.4, 0.5) is 5.82 Å². The van der Waals surface area contributed by atoms with Crippen LogP contribution in [-0.2, 0) is 4.79 Å². The van der Waals surface area contributed by atoms with Crippen LogP contribution < -0.4 is 10.2 Å². The lowest BCUT2D eigenvalue weighted by Gasteiger charge is -2.34. The molecule has 1 saturated heterocycles. The van der Waals surface area contributed by atoms with Crippen LogP contribution in [0.3, 0.4) is 0 Å². The highest BCUT2D eigenvalue weighted by Gasteiger charge is 2.19. The van der Waals surface area contributed by atoms with Crippen molar-refractivity contribution >= 4 is 23.3 Å². The summed E-state index contributed by atoms with van der Waals surface area (Å²) in [7, 11) is 0.